The fraction of sp³-hybridized carbons (Fsp3) is 0.233. The summed E-state index contributed by atoms with van der Waals surface area (Å²) >= 11 is 0. The molecule has 3 aromatic carbocycles. The fourth-order valence-electron chi connectivity index (χ4n) is 4.57. The van der Waals surface area contributed by atoms with Gasteiger partial charge in [0.2, 0.25) is 0 Å². The molecule has 1 aliphatic heterocycles. The summed E-state index contributed by atoms with van der Waals surface area (Å²) in [6.45, 7) is 6.42. The predicted molar refractivity (Wildman–Crippen MR) is 141 cm³/mol. The van der Waals surface area contributed by atoms with Gasteiger partial charge in [-0.15, -0.1) is 0 Å². The lowest BCUT2D eigenvalue weighted by atomic mass is 9.92. The van der Waals surface area contributed by atoms with Gasteiger partial charge in [-0.1, -0.05) is 32.0 Å². The molecule has 1 amide bonds. The maximum atomic E-state index is 13.5. The molecule has 1 N–H and O–H groups in total. The summed E-state index contributed by atoms with van der Waals surface area (Å²) in [5.41, 5.74) is 2.63. The van der Waals surface area contributed by atoms with Gasteiger partial charge in [0, 0.05) is 16.8 Å². The number of ketones is 1. The number of benzene rings is 3. The molecule has 7 nitrogen and oxygen atoms in total. The van der Waals surface area contributed by atoms with Crippen molar-refractivity contribution in [3.05, 3.63) is 94.6 Å². The number of aliphatic hydroxyl groups excluding tert-OH is 1. The minimum absolute atomic E-state index is 0.0438. The SMILES string of the molecule is CCOc1ccc(/C(O)=C2\C(=O)C(=O)N(c3ccc(C#N)cc3)C2c2ccccc2OC)cc1C(C)C. The second-order valence-corrected chi connectivity index (χ2v) is 8.91. The van der Waals surface area contributed by atoms with E-state index in [1.807, 2.05) is 20.8 Å². The highest BCUT2D eigenvalue weighted by atomic mass is 16.5. The Hall–Kier alpha value is -4.57. The van der Waals surface area contributed by atoms with Gasteiger partial charge in [-0.2, -0.15) is 5.26 Å². The molecule has 1 fully saturated rings. The number of carbonyl (C=O) groups excluding carboxylic acids is 2. The lowest BCUT2D eigenvalue weighted by Gasteiger charge is -2.26. The van der Waals surface area contributed by atoms with Gasteiger partial charge in [-0.05, 0) is 66.9 Å². The summed E-state index contributed by atoms with van der Waals surface area (Å²) in [4.78, 5) is 28.2. The van der Waals surface area contributed by atoms with Gasteiger partial charge in [0.25, 0.3) is 11.7 Å². The van der Waals surface area contributed by atoms with Gasteiger partial charge in [0.05, 0.1) is 37.0 Å². The predicted octanol–water partition coefficient (Wildman–Crippen LogP) is 5.72. The maximum absolute atomic E-state index is 13.5. The molecule has 0 saturated carbocycles. The Kier molecular flexibility index (Phi) is 7.30. The number of rotatable bonds is 7. The van der Waals surface area contributed by atoms with Crippen LogP contribution in [-0.4, -0.2) is 30.5 Å². The summed E-state index contributed by atoms with van der Waals surface area (Å²) in [5, 5.41) is 20.7. The third-order valence-electron chi connectivity index (χ3n) is 6.36. The number of aliphatic hydroxyl groups is 1. The summed E-state index contributed by atoms with van der Waals surface area (Å²) in [5.74, 6) is -0.604. The van der Waals surface area contributed by atoms with Crippen molar-refractivity contribution >= 4 is 23.1 Å². The highest BCUT2D eigenvalue weighted by molar-refractivity contribution is 6.51. The molecular weight excluding hydrogens is 468 g/mol. The van der Waals surface area contributed by atoms with Crippen LogP contribution in [0, 0.1) is 11.3 Å². The zero-order valence-corrected chi connectivity index (χ0v) is 21.2. The van der Waals surface area contributed by atoms with Crippen LogP contribution in [0.5, 0.6) is 11.5 Å². The Balaban J connectivity index is 1.96. The van der Waals surface area contributed by atoms with Crippen molar-refractivity contribution < 1.29 is 24.2 Å². The van der Waals surface area contributed by atoms with E-state index in [9.17, 15) is 20.0 Å². The molecule has 0 aliphatic carbocycles. The van der Waals surface area contributed by atoms with Crippen LogP contribution in [0.4, 0.5) is 5.69 Å². The molecule has 4 rings (SSSR count). The van der Waals surface area contributed by atoms with Crippen LogP contribution in [0.3, 0.4) is 0 Å². The summed E-state index contributed by atoms with van der Waals surface area (Å²) in [6.07, 6.45) is 0. The Morgan fingerprint density at radius 1 is 1.05 bits per heavy atom. The van der Waals surface area contributed by atoms with E-state index in [0.717, 1.165) is 5.56 Å². The van der Waals surface area contributed by atoms with Gasteiger partial charge in [0.1, 0.15) is 17.3 Å². The highest BCUT2D eigenvalue weighted by Crippen LogP contribution is 2.45. The fourth-order valence-corrected chi connectivity index (χ4v) is 4.57. The smallest absolute Gasteiger partial charge is 0.300 e. The van der Waals surface area contributed by atoms with Crippen molar-refractivity contribution in [3.63, 3.8) is 0 Å². The van der Waals surface area contributed by atoms with E-state index >= 15 is 0 Å². The zero-order chi connectivity index (χ0) is 26.7. The van der Waals surface area contributed by atoms with Crippen molar-refractivity contribution in [1.29, 1.82) is 5.26 Å². The molecule has 0 aromatic heterocycles. The summed E-state index contributed by atoms with van der Waals surface area (Å²) in [7, 11) is 1.51. The number of hydrogen-bond donors (Lipinski definition) is 1. The third kappa shape index (κ3) is 4.66. The second-order valence-electron chi connectivity index (χ2n) is 8.91. The average Bonchev–Trinajstić information content (AvgIpc) is 3.18. The zero-order valence-electron chi connectivity index (χ0n) is 21.2. The van der Waals surface area contributed by atoms with Gasteiger partial charge < -0.3 is 14.6 Å². The van der Waals surface area contributed by atoms with Crippen LogP contribution in [0.1, 0.15) is 55.0 Å². The number of anilines is 1. The highest BCUT2D eigenvalue weighted by Gasteiger charge is 2.48. The Labute approximate surface area is 216 Å². The molecule has 37 heavy (non-hydrogen) atoms. The molecular formula is C30H28N2O5. The second kappa shape index (κ2) is 10.6. The van der Waals surface area contributed by atoms with Crippen LogP contribution < -0.4 is 14.4 Å². The Morgan fingerprint density at radius 2 is 1.76 bits per heavy atom. The number of para-hydroxylation sites is 1. The number of methoxy groups -OCH3 is 1. The lowest BCUT2D eigenvalue weighted by molar-refractivity contribution is -0.132. The van der Waals surface area contributed by atoms with E-state index in [2.05, 4.69) is 6.07 Å². The number of hydrogen-bond acceptors (Lipinski definition) is 6. The van der Waals surface area contributed by atoms with Crippen molar-refractivity contribution in [3.8, 4) is 17.6 Å². The number of nitriles is 1. The normalized spacial score (nSPS) is 16.6. The van der Waals surface area contributed by atoms with Crippen molar-refractivity contribution in [2.45, 2.75) is 32.7 Å². The molecule has 1 saturated heterocycles. The van der Waals surface area contributed by atoms with Crippen LogP contribution >= 0.6 is 0 Å². The van der Waals surface area contributed by atoms with E-state index in [0.29, 0.717) is 40.5 Å². The Bertz CT molecular complexity index is 1420. The van der Waals surface area contributed by atoms with Gasteiger partial charge in [-0.25, -0.2) is 0 Å². The molecule has 1 aliphatic rings. The van der Waals surface area contributed by atoms with E-state index in [-0.39, 0.29) is 17.3 Å². The first kappa shape index (κ1) is 25.5. The summed E-state index contributed by atoms with van der Waals surface area (Å²) < 4.78 is 11.3. The first-order valence-corrected chi connectivity index (χ1v) is 12.0. The molecule has 1 heterocycles. The minimum atomic E-state index is -0.946. The number of nitrogens with zero attached hydrogens (tertiary/aromatic N) is 2. The van der Waals surface area contributed by atoms with Crippen LogP contribution in [-0.2, 0) is 9.59 Å². The topological polar surface area (TPSA) is 99.9 Å². The number of amides is 1. The first-order valence-electron chi connectivity index (χ1n) is 12.0. The van der Waals surface area contributed by atoms with Crippen molar-refractivity contribution in [2.75, 3.05) is 18.6 Å². The molecule has 7 heteroatoms. The van der Waals surface area contributed by atoms with Gasteiger partial charge in [0.15, 0.2) is 0 Å². The number of Topliss-reactive ketones (excluding diaryl/α,β-unsaturated/α-hetero) is 1. The average molecular weight is 497 g/mol. The van der Waals surface area contributed by atoms with Crippen molar-refractivity contribution in [1.82, 2.24) is 0 Å². The standard InChI is InChI=1S/C30H28N2O5/c1-5-37-25-15-12-20(16-23(25)18(2)3)28(33)26-27(22-8-6-7-9-24(22)36-4)32(30(35)29(26)34)21-13-10-19(17-31)11-14-21/h6-16,18,27,33H,5H2,1-4H3/b28-26+. The molecule has 0 radical (unpaired) electrons. The first-order chi connectivity index (χ1) is 17.8. The van der Waals surface area contributed by atoms with Crippen LogP contribution in [0.15, 0.2) is 72.3 Å². The van der Waals surface area contributed by atoms with Crippen LogP contribution in [0.25, 0.3) is 5.76 Å². The molecule has 0 spiro atoms. The van der Waals surface area contributed by atoms with Gasteiger partial charge in [-0.3, -0.25) is 14.5 Å². The molecule has 0 bridgehead atoms. The van der Waals surface area contributed by atoms with E-state index in [4.69, 9.17) is 9.47 Å². The van der Waals surface area contributed by atoms with Gasteiger partial charge >= 0.3 is 0 Å². The monoisotopic (exact) mass is 496 g/mol. The van der Waals surface area contributed by atoms with E-state index in [1.54, 1.807) is 66.7 Å². The molecule has 1 unspecified atom stereocenters. The molecule has 3 aromatic rings. The maximum Gasteiger partial charge on any atom is 0.300 e. The van der Waals surface area contributed by atoms with Crippen molar-refractivity contribution in [2.24, 2.45) is 0 Å². The quantitative estimate of drug-likeness (QED) is 0.255. The largest absolute Gasteiger partial charge is 0.507 e. The Morgan fingerprint density at radius 3 is 2.38 bits per heavy atom. The lowest BCUT2D eigenvalue weighted by Crippen LogP contribution is -2.29. The number of carbonyl (C=O) groups is 2. The van der Waals surface area contributed by atoms with E-state index in [1.165, 1.54) is 12.0 Å². The van der Waals surface area contributed by atoms with Crippen LogP contribution in [0.2, 0.25) is 0 Å². The summed E-state index contributed by atoms with van der Waals surface area (Å²) in [6, 6.07) is 19.8. The molecule has 188 valence electrons. The minimum Gasteiger partial charge on any atom is -0.507 e. The van der Waals surface area contributed by atoms with E-state index < -0.39 is 17.7 Å². The third-order valence-corrected chi connectivity index (χ3v) is 6.36. The molecule has 1 atom stereocenters. The number of ether oxygens (including phenoxy) is 2.